The van der Waals surface area contributed by atoms with Crippen LogP contribution >= 0.6 is 0 Å². The summed E-state index contributed by atoms with van der Waals surface area (Å²) in [6, 6.07) is -0.590. The van der Waals surface area contributed by atoms with E-state index in [-0.39, 0.29) is 12.1 Å². The number of H-pyrrole nitrogens is 1. The molecule has 7 nitrogen and oxygen atoms in total. The van der Waals surface area contributed by atoms with Crippen LogP contribution in [-0.4, -0.2) is 39.7 Å². The van der Waals surface area contributed by atoms with Crippen LogP contribution in [0.15, 0.2) is 12.4 Å². The molecule has 4 N–H and O–H groups in total. The lowest BCUT2D eigenvalue weighted by molar-refractivity contribution is -0.142. The van der Waals surface area contributed by atoms with Gasteiger partial charge in [0.2, 0.25) is 0 Å². The topological polar surface area (TPSA) is 107 Å². The third kappa shape index (κ3) is 4.77. The average Bonchev–Trinajstić information content (AvgIpc) is 2.84. The number of carbonyl (C=O) groups excluding carboxylic acids is 1. The number of carboxylic acid groups (broad SMARTS) is 1. The highest BCUT2D eigenvalue weighted by Crippen LogP contribution is 2.23. The summed E-state index contributed by atoms with van der Waals surface area (Å²) >= 11 is 0. The van der Waals surface area contributed by atoms with Crippen LogP contribution in [0.25, 0.3) is 0 Å². The molecule has 0 radical (unpaired) electrons. The third-order valence-electron chi connectivity index (χ3n) is 3.85. The summed E-state index contributed by atoms with van der Waals surface area (Å²) in [6.45, 7) is 0.462. The number of urea groups is 1. The molecule has 1 aliphatic carbocycles. The van der Waals surface area contributed by atoms with Crippen LogP contribution in [0.4, 0.5) is 4.79 Å². The minimum Gasteiger partial charge on any atom is -0.481 e. The number of hydrogen-bond donors (Lipinski definition) is 4. The maximum absolute atomic E-state index is 11.9. The van der Waals surface area contributed by atoms with E-state index in [2.05, 4.69) is 20.6 Å². The molecule has 21 heavy (non-hydrogen) atoms. The zero-order chi connectivity index (χ0) is 15.1. The minimum atomic E-state index is -0.821. The number of imidazole rings is 1. The van der Waals surface area contributed by atoms with Gasteiger partial charge in [0.15, 0.2) is 0 Å². The molecule has 1 heterocycles. The molecule has 0 bridgehead atoms. The van der Waals surface area contributed by atoms with Gasteiger partial charge in [-0.25, -0.2) is 9.78 Å². The Morgan fingerprint density at radius 3 is 2.86 bits per heavy atom. The molecule has 1 aromatic rings. The van der Waals surface area contributed by atoms with Gasteiger partial charge in [0.25, 0.3) is 0 Å². The van der Waals surface area contributed by atoms with Crippen molar-refractivity contribution in [2.24, 2.45) is 5.92 Å². The van der Waals surface area contributed by atoms with Crippen molar-refractivity contribution in [3.05, 3.63) is 18.2 Å². The summed E-state index contributed by atoms with van der Waals surface area (Å²) in [5.74, 6) is -0.491. The van der Waals surface area contributed by atoms with E-state index in [0.717, 1.165) is 31.5 Å². The normalized spacial score (nSPS) is 22.3. The Balaban J connectivity index is 1.77. The maximum atomic E-state index is 11.9. The third-order valence-corrected chi connectivity index (χ3v) is 3.85. The molecule has 2 amide bonds. The molecule has 0 aromatic carbocycles. The van der Waals surface area contributed by atoms with E-state index in [0.29, 0.717) is 19.4 Å². The van der Waals surface area contributed by atoms with Crippen LogP contribution in [0.5, 0.6) is 0 Å². The Morgan fingerprint density at radius 2 is 2.14 bits per heavy atom. The smallest absolute Gasteiger partial charge is 0.315 e. The summed E-state index contributed by atoms with van der Waals surface area (Å²) in [7, 11) is 0. The quantitative estimate of drug-likeness (QED) is 0.614. The zero-order valence-corrected chi connectivity index (χ0v) is 12.0. The predicted molar refractivity (Wildman–Crippen MR) is 76.8 cm³/mol. The van der Waals surface area contributed by atoms with Crippen LogP contribution in [-0.2, 0) is 11.2 Å². The molecular weight excluding hydrogens is 272 g/mol. The SMILES string of the molecule is O=C(NCCc1ncc[nH]1)NC1CCCCCC1C(=O)O. The molecule has 1 aliphatic rings. The van der Waals surface area contributed by atoms with Gasteiger partial charge in [-0.1, -0.05) is 19.3 Å². The molecule has 1 fully saturated rings. The van der Waals surface area contributed by atoms with Gasteiger partial charge < -0.3 is 20.7 Å². The van der Waals surface area contributed by atoms with Crippen molar-refractivity contribution in [3.8, 4) is 0 Å². The van der Waals surface area contributed by atoms with Crippen molar-refractivity contribution in [1.29, 1.82) is 0 Å². The molecular formula is C14H22N4O3. The zero-order valence-electron chi connectivity index (χ0n) is 12.0. The maximum Gasteiger partial charge on any atom is 0.315 e. The lowest BCUT2D eigenvalue weighted by Crippen LogP contribution is -2.47. The molecule has 2 rings (SSSR count). The fraction of sp³-hybridized carbons (Fsp3) is 0.643. The van der Waals surface area contributed by atoms with Crippen molar-refractivity contribution in [2.75, 3.05) is 6.54 Å². The van der Waals surface area contributed by atoms with E-state index >= 15 is 0 Å². The van der Waals surface area contributed by atoms with Crippen LogP contribution in [0.2, 0.25) is 0 Å². The largest absolute Gasteiger partial charge is 0.481 e. The Labute approximate surface area is 123 Å². The number of aromatic nitrogens is 2. The first-order chi connectivity index (χ1) is 10.2. The summed E-state index contributed by atoms with van der Waals surface area (Å²) < 4.78 is 0. The standard InChI is InChI=1S/C14H22N4O3/c19-13(20)10-4-2-1-3-5-11(10)18-14(21)17-7-6-12-15-8-9-16-12/h8-11H,1-7H2,(H,15,16)(H,19,20)(H2,17,18,21). The van der Waals surface area contributed by atoms with Crippen LogP contribution in [0, 0.1) is 5.92 Å². The fourth-order valence-corrected chi connectivity index (χ4v) is 2.72. The molecule has 0 saturated heterocycles. The first-order valence-corrected chi connectivity index (χ1v) is 7.42. The highest BCUT2D eigenvalue weighted by molar-refractivity contribution is 5.76. The van der Waals surface area contributed by atoms with Crippen molar-refractivity contribution in [2.45, 2.75) is 44.6 Å². The predicted octanol–water partition coefficient (Wildman–Crippen LogP) is 1.28. The Morgan fingerprint density at radius 1 is 1.33 bits per heavy atom. The van der Waals surface area contributed by atoms with Gasteiger partial charge in [-0.15, -0.1) is 0 Å². The number of nitrogens with zero attached hydrogens (tertiary/aromatic N) is 1. The Bertz CT molecular complexity index is 461. The summed E-state index contributed by atoms with van der Waals surface area (Å²) in [5.41, 5.74) is 0. The van der Waals surface area contributed by atoms with Crippen LogP contribution in [0.3, 0.4) is 0 Å². The molecule has 0 spiro atoms. The Hall–Kier alpha value is -2.05. The van der Waals surface area contributed by atoms with Gasteiger partial charge in [-0.05, 0) is 12.8 Å². The number of aliphatic carboxylic acids is 1. The molecule has 1 aromatic heterocycles. The van der Waals surface area contributed by atoms with Crippen molar-refractivity contribution in [3.63, 3.8) is 0 Å². The van der Waals surface area contributed by atoms with Crippen LogP contribution in [0.1, 0.15) is 37.9 Å². The van der Waals surface area contributed by atoms with E-state index in [1.54, 1.807) is 12.4 Å². The monoisotopic (exact) mass is 294 g/mol. The number of carbonyl (C=O) groups is 2. The number of hydrogen-bond acceptors (Lipinski definition) is 3. The summed E-state index contributed by atoms with van der Waals surface area (Å²) in [5, 5.41) is 14.8. The number of rotatable bonds is 5. The average molecular weight is 294 g/mol. The van der Waals surface area contributed by atoms with Gasteiger partial charge in [0.05, 0.1) is 5.92 Å². The van der Waals surface area contributed by atoms with Gasteiger partial charge >= 0.3 is 12.0 Å². The fourth-order valence-electron chi connectivity index (χ4n) is 2.72. The molecule has 116 valence electrons. The van der Waals surface area contributed by atoms with Crippen molar-refractivity contribution >= 4 is 12.0 Å². The van der Waals surface area contributed by atoms with E-state index in [4.69, 9.17) is 0 Å². The highest BCUT2D eigenvalue weighted by Gasteiger charge is 2.30. The first kappa shape index (κ1) is 15.3. The molecule has 2 unspecified atom stereocenters. The number of amides is 2. The van der Waals surface area contributed by atoms with Crippen molar-refractivity contribution < 1.29 is 14.7 Å². The Kier molecular flexibility index (Phi) is 5.59. The second-order valence-corrected chi connectivity index (χ2v) is 5.38. The lowest BCUT2D eigenvalue weighted by Gasteiger charge is -2.23. The first-order valence-electron chi connectivity index (χ1n) is 7.42. The highest BCUT2D eigenvalue weighted by atomic mass is 16.4. The van der Waals surface area contributed by atoms with Gasteiger partial charge in [-0.2, -0.15) is 0 Å². The molecule has 1 saturated carbocycles. The second kappa shape index (κ2) is 7.66. The summed E-state index contributed by atoms with van der Waals surface area (Å²) in [4.78, 5) is 30.2. The van der Waals surface area contributed by atoms with Gasteiger partial charge in [-0.3, -0.25) is 4.79 Å². The van der Waals surface area contributed by atoms with E-state index in [1.807, 2.05) is 0 Å². The lowest BCUT2D eigenvalue weighted by atomic mass is 9.95. The van der Waals surface area contributed by atoms with E-state index in [9.17, 15) is 14.7 Å². The molecule has 0 aliphatic heterocycles. The molecule has 7 heteroatoms. The summed E-state index contributed by atoms with van der Waals surface area (Å²) in [6.07, 6.45) is 8.28. The minimum absolute atomic E-state index is 0.284. The number of nitrogens with one attached hydrogen (secondary N) is 3. The van der Waals surface area contributed by atoms with Gasteiger partial charge in [0.1, 0.15) is 5.82 Å². The van der Waals surface area contributed by atoms with Crippen molar-refractivity contribution in [1.82, 2.24) is 20.6 Å². The van der Waals surface area contributed by atoms with Gasteiger partial charge in [0, 0.05) is 31.4 Å². The van der Waals surface area contributed by atoms with E-state index < -0.39 is 11.9 Å². The number of carboxylic acids is 1. The van der Waals surface area contributed by atoms with E-state index in [1.165, 1.54) is 0 Å². The molecule has 2 atom stereocenters. The number of aromatic amines is 1. The van der Waals surface area contributed by atoms with Crippen LogP contribution < -0.4 is 10.6 Å². The second-order valence-electron chi connectivity index (χ2n) is 5.38.